The van der Waals surface area contributed by atoms with Gasteiger partial charge in [-0.3, -0.25) is 9.69 Å². The zero-order chi connectivity index (χ0) is 14.5. The Kier molecular flexibility index (Phi) is 5.57. The minimum absolute atomic E-state index is 0.220. The monoisotopic (exact) mass is 340 g/mol. The number of benzene rings is 1. The molecule has 0 aliphatic carbocycles. The summed E-state index contributed by atoms with van der Waals surface area (Å²) < 4.78 is 0.979. The Bertz CT molecular complexity index is 459. The second-order valence-electron chi connectivity index (χ2n) is 5.11. The molecule has 5 heteroatoms. The molecule has 0 saturated carbocycles. The molecule has 1 saturated heterocycles. The topological polar surface area (TPSA) is 43.8 Å². The number of amides is 1. The summed E-state index contributed by atoms with van der Waals surface area (Å²) in [6, 6.07) is 7.76. The Morgan fingerprint density at radius 2 is 2.05 bits per heavy atom. The molecule has 2 rings (SSSR count). The van der Waals surface area contributed by atoms with Gasteiger partial charge < -0.3 is 10.0 Å². The lowest BCUT2D eigenvalue weighted by molar-refractivity contribution is -0.132. The fourth-order valence-corrected chi connectivity index (χ4v) is 2.88. The van der Waals surface area contributed by atoms with Crippen LogP contribution in [-0.4, -0.2) is 53.5 Å². The Balaban J connectivity index is 1.85. The first-order chi connectivity index (χ1) is 9.60. The van der Waals surface area contributed by atoms with Gasteiger partial charge >= 0.3 is 0 Å². The molecule has 0 radical (unpaired) electrons. The maximum absolute atomic E-state index is 11.6. The fourth-order valence-electron chi connectivity index (χ4n) is 2.47. The normalized spacial score (nSPS) is 18.1. The summed E-state index contributed by atoms with van der Waals surface area (Å²) in [4.78, 5) is 15.7. The summed E-state index contributed by atoms with van der Waals surface area (Å²) >= 11 is 3.42. The lowest BCUT2D eigenvalue weighted by atomic mass is 10.1. The van der Waals surface area contributed by atoms with E-state index in [0.29, 0.717) is 13.0 Å². The largest absolute Gasteiger partial charge is 0.387 e. The third-order valence-electron chi connectivity index (χ3n) is 3.69. The first-order valence-electron chi connectivity index (χ1n) is 7.04. The zero-order valence-corrected chi connectivity index (χ0v) is 13.3. The number of hydrogen-bond acceptors (Lipinski definition) is 3. The van der Waals surface area contributed by atoms with E-state index in [4.69, 9.17) is 0 Å². The number of rotatable bonds is 4. The number of carbonyl (C=O) groups is 1. The van der Waals surface area contributed by atoms with Crippen molar-refractivity contribution in [3.63, 3.8) is 0 Å². The summed E-state index contributed by atoms with van der Waals surface area (Å²) in [7, 11) is 0. The average Bonchev–Trinajstić information content (AvgIpc) is 2.47. The molecule has 1 unspecified atom stereocenters. The second-order valence-corrected chi connectivity index (χ2v) is 6.02. The van der Waals surface area contributed by atoms with E-state index >= 15 is 0 Å². The number of β-amino-alcohol motifs (C(OH)–C–C–N with tert-alkyl or cyclic N) is 1. The van der Waals surface area contributed by atoms with E-state index in [-0.39, 0.29) is 5.91 Å². The van der Waals surface area contributed by atoms with E-state index in [1.807, 2.05) is 36.1 Å². The minimum atomic E-state index is -0.485. The van der Waals surface area contributed by atoms with Crippen LogP contribution in [0.25, 0.3) is 0 Å². The maximum atomic E-state index is 11.6. The summed E-state index contributed by atoms with van der Waals surface area (Å²) in [6.07, 6.45) is 0.0849. The molecule has 0 spiro atoms. The third kappa shape index (κ3) is 4.04. The molecule has 0 aromatic heterocycles. The second kappa shape index (κ2) is 7.20. The molecule has 1 fully saturated rings. The molecule has 1 heterocycles. The smallest absolute Gasteiger partial charge is 0.222 e. The van der Waals surface area contributed by atoms with Gasteiger partial charge in [0.25, 0.3) is 0 Å². The van der Waals surface area contributed by atoms with Crippen molar-refractivity contribution in [2.45, 2.75) is 19.4 Å². The zero-order valence-electron chi connectivity index (χ0n) is 11.8. The van der Waals surface area contributed by atoms with Gasteiger partial charge in [-0.1, -0.05) is 35.0 Å². The Labute approximate surface area is 128 Å². The highest BCUT2D eigenvalue weighted by atomic mass is 79.9. The van der Waals surface area contributed by atoms with Gasteiger partial charge in [-0.25, -0.2) is 0 Å². The fraction of sp³-hybridized carbons (Fsp3) is 0.533. The SMILES string of the molecule is CCC(=O)N1CCN(CC(O)c2cccc(Br)c2)CC1. The average molecular weight is 341 g/mol. The number of hydrogen-bond donors (Lipinski definition) is 1. The van der Waals surface area contributed by atoms with Gasteiger partial charge in [-0.05, 0) is 17.7 Å². The number of carbonyl (C=O) groups excluding carboxylic acids is 1. The van der Waals surface area contributed by atoms with Crippen LogP contribution in [0.1, 0.15) is 25.0 Å². The Morgan fingerprint density at radius 3 is 2.65 bits per heavy atom. The lowest BCUT2D eigenvalue weighted by Crippen LogP contribution is -2.49. The van der Waals surface area contributed by atoms with Gasteiger partial charge in [0, 0.05) is 43.6 Å². The molecule has 4 nitrogen and oxygen atoms in total. The predicted octanol–water partition coefficient (Wildman–Crippen LogP) is 2.04. The quantitative estimate of drug-likeness (QED) is 0.912. The predicted molar refractivity (Wildman–Crippen MR) is 82.4 cm³/mol. The van der Waals surface area contributed by atoms with Crippen LogP contribution in [0, 0.1) is 0 Å². The van der Waals surface area contributed by atoms with Crippen LogP contribution in [0.2, 0.25) is 0 Å². The molecule has 0 bridgehead atoms. The first kappa shape index (κ1) is 15.5. The van der Waals surface area contributed by atoms with Crippen LogP contribution >= 0.6 is 15.9 Å². The van der Waals surface area contributed by atoms with Crippen molar-refractivity contribution in [3.8, 4) is 0 Å². The van der Waals surface area contributed by atoms with Crippen LogP contribution in [0.5, 0.6) is 0 Å². The number of piperazine rings is 1. The van der Waals surface area contributed by atoms with Crippen LogP contribution in [0.3, 0.4) is 0 Å². The van der Waals surface area contributed by atoms with E-state index < -0.39 is 6.10 Å². The highest BCUT2D eigenvalue weighted by Gasteiger charge is 2.22. The van der Waals surface area contributed by atoms with Gasteiger partial charge in [0.05, 0.1) is 6.10 Å². The summed E-state index contributed by atoms with van der Waals surface area (Å²) in [5.74, 6) is 0.220. The molecule has 1 aliphatic heterocycles. The van der Waals surface area contributed by atoms with Gasteiger partial charge in [-0.2, -0.15) is 0 Å². The first-order valence-corrected chi connectivity index (χ1v) is 7.83. The third-order valence-corrected chi connectivity index (χ3v) is 4.19. The molecule has 20 heavy (non-hydrogen) atoms. The summed E-state index contributed by atoms with van der Waals surface area (Å²) in [6.45, 7) is 5.69. The van der Waals surface area contributed by atoms with Crippen molar-refractivity contribution in [2.24, 2.45) is 0 Å². The maximum Gasteiger partial charge on any atom is 0.222 e. The van der Waals surface area contributed by atoms with Gasteiger partial charge in [0.15, 0.2) is 0 Å². The number of halogens is 1. The molecule has 110 valence electrons. The van der Waals surface area contributed by atoms with Crippen molar-refractivity contribution in [2.75, 3.05) is 32.7 Å². The summed E-state index contributed by atoms with van der Waals surface area (Å²) in [5, 5.41) is 10.3. The molecule has 1 aromatic carbocycles. The van der Waals surface area contributed by atoms with Gasteiger partial charge in [0.2, 0.25) is 5.91 Å². The van der Waals surface area contributed by atoms with Crippen molar-refractivity contribution in [1.29, 1.82) is 0 Å². The molecule has 1 amide bonds. The van der Waals surface area contributed by atoms with E-state index in [0.717, 1.165) is 36.2 Å². The van der Waals surface area contributed by atoms with Crippen molar-refractivity contribution < 1.29 is 9.90 Å². The number of aliphatic hydroxyl groups excluding tert-OH is 1. The molecule has 1 aromatic rings. The van der Waals surface area contributed by atoms with Crippen molar-refractivity contribution >= 4 is 21.8 Å². The van der Waals surface area contributed by atoms with Crippen LogP contribution in [-0.2, 0) is 4.79 Å². The Morgan fingerprint density at radius 1 is 1.35 bits per heavy atom. The van der Waals surface area contributed by atoms with Crippen LogP contribution in [0.15, 0.2) is 28.7 Å². The van der Waals surface area contributed by atoms with Crippen LogP contribution < -0.4 is 0 Å². The number of nitrogens with zero attached hydrogens (tertiary/aromatic N) is 2. The molecular weight excluding hydrogens is 320 g/mol. The van der Waals surface area contributed by atoms with E-state index in [2.05, 4.69) is 20.8 Å². The highest BCUT2D eigenvalue weighted by molar-refractivity contribution is 9.10. The van der Waals surface area contributed by atoms with E-state index in [1.165, 1.54) is 0 Å². The lowest BCUT2D eigenvalue weighted by Gasteiger charge is -2.35. The van der Waals surface area contributed by atoms with Crippen LogP contribution in [0.4, 0.5) is 0 Å². The minimum Gasteiger partial charge on any atom is -0.387 e. The van der Waals surface area contributed by atoms with Gasteiger partial charge in [0.1, 0.15) is 0 Å². The standard InChI is InChI=1S/C15H21BrN2O2/c1-2-15(20)18-8-6-17(7-9-18)11-14(19)12-4-3-5-13(16)10-12/h3-5,10,14,19H,2,6-9,11H2,1H3. The van der Waals surface area contributed by atoms with Gasteiger partial charge in [-0.15, -0.1) is 0 Å². The van der Waals surface area contributed by atoms with E-state index in [1.54, 1.807) is 0 Å². The van der Waals surface area contributed by atoms with Crippen molar-refractivity contribution in [3.05, 3.63) is 34.3 Å². The molecular formula is C15H21BrN2O2. The molecule has 1 aliphatic rings. The van der Waals surface area contributed by atoms with E-state index in [9.17, 15) is 9.90 Å². The number of aliphatic hydroxyl groups is 1. The molecule has 1 N–H and O–H groups in total. The highest BCUT2D eigenvalue weighted by Crippen LogP contribution is 2.19. The van der Waals surface area contributed by atoms with Crippen molar-refractivity contribution in [1.82, 2.24) is 9.80 Å². The Hall–Kier alpha value is -0.910. The molecule has 1 atom stereocenters. The summed E-state index contributed by atoms with van der Waals surface area (Å²) in [5.41, 5.74) is 0.923.